The minimum absolute atomic E-state index is 0.155. The second-order valence-electron chi connectivity index (χ2n) is 6.29. The van der Waals surface area contributed by atoms with Gasteiger partial charge in [-0.3, -0.25) is 9.59 Å². The van der Waals surface area contributed by atoms with Crippen molar-refractivity contribution in [3.05, 3.63) is 101 Å². The van der Waals surface area contributed by atoms with Crippen molar-refractivity contribution in [3.8, 4) is 0 Å². The van der Waals surface area contributed by atoms with Crippen molar-refractivity contribution in [1.82, 2.24) is 0 Å². The van der Waals surface area contributed by atoms with E-state index in [1.54, 1.807) is 72.8 Å². The largest absolute Gasteiger partial charge is 0.445 e. The van der Waals surface area contributed by atoms with Gasteiger partial charge < -0.3 is 10.1 Å². The van der Waals surface area contributed by atoms with Gasteiger partial charge in [0, 0.05) is 23.1 Å². The number of esters is 1. The van der Waals surface area contributed by atoms with E-state index < -0.39 is 12.1 Å². The molecule has 0 heterocycles. The average Bonchev–Trinajstić information content (AvgIpc) is 2.73. The van der Waals surface area contributed by atoms with Crippen LogP contribution in [0.5, 0.6) is 0 Å². The van der Waals surface area contributed by atoms with Crippen LogP contribution >= 0.6 is 11.6 Å². The number of benzene rings is 3. The molecular formula is C23H18ClNO4. The number of anilines is 1. The number of amides is 1. The monoisotopic (exact) mass is 407 g/mol. The van der Waals surface area contributed by atoms with E-state index in [1.807, 2.05) is 0 Å². The third kappa shape index (κ3) is 5.09. The highest BCUT2D eigenvalue weighted by Gasteiger charge is 2.27. The molecule has 0 aliphatic carbocycles. The molecule has 0 saturated heterocycles. The SMILES string of the molecule is CC(=O)Nc1ccccc1C(=O)OC(C(=O)c1ccccc1)c1ccc(Cl)cc1. The highest BCUT2D eigenvalue weighted by atomic mass is 35.5. The number of hydrogen-bond donors (Lipinski definition) is 1. The minimum Gasteiger partial charge on any atom is -0.445 e. The Labute approximate surface area is 173 Å². The summed E-state index contributed by atoms with van der Waals surface area (Å²) in [6.07, 6.45) is -1.16. The van der Waals surface area contributed by atoms with Crippen molar-refractivity contribution in [1.29, 1.82) is 0 Å². The maximum absolute atomic E-state index is 13.1. The number of ketones is 1. The van der Waals surface area contributed by atoms with E-state index in [4.69, 9.17) is 16.3 Å². The second kappa shape index (κ2) is 9.17. The molecule has 29 heavy (non-hydrogen) atoms. The Hall–Kier alpha value is -3.44. The van der Waals surface area contributed by atoms with E-state index in [1.165, 1.54) is 13.0 Å². The second-order valence-corrected chi connectivity index (χ2v) is 6.73. The molecule has 0 aliphatic heterocycles. The van der Waals surface area contributed by atoms with Gasteiger partial charge in [-0.05, 0) is 24.3 Å². The number of Topliss-reactive ketones (excluding diaryl/α,β-unsaturated/α-hetero) is 1. The molecule has 3 aromatic rings. The molecule has 0 spiro atoms. The summed E-state index contributed by atoms with van der Waals surface area (Å²) in [4.78, 5) is 37.4. The average molecular weight is 408 g/mol. The molecule has 0 fully saturated rings. The molecule has 0 saturated carbocycles. The summed E-state index contributed by atoms with van der Waals surface area (Å²) in [5.41, 5.74) is 1.37. The van der Waals surface area contributed by atoms with E-state index in [0.29, 0.717) is 21.8 Å². The Morgan fingerprint density at radius 2 is 1.48 bits per heavy atom. The van der Waals surface area contributed by atoms with Crippen molar-refractivity contribution in [2.24, 2.45) is 0 Å². The maximum atomic E-state index is 13.1. The van der Waals surface area contributed by atoms with Crippen LogP contribution in [0, 0.1) is 0 Å². The lowest BCUT2D eigenvalue weighted by atomic mass is 9.99. The molecule has 0 aliphatic rings. The smallest absolute Gasteiger partial charge is 0.341 e. The van der Waals surface area contributed by atoms with Crippen LogP contribution in [0.1, 0.15) is 39.3 Å². The first-order valence-corrected chi connectivity index (χ1v) is 9.26. The molecule has 1 N–H and O–H groups in total. The van der Waals surface area contributed by atoms with Gasteiger partial charge in [-0.15, -0.1) is 0 Å². The van der Waals surface area contributed by atoms with Crippen LogP contribution in [0.2, 0.25) is 5.02 Å². The quantitative estimate of drug-likeness (QED) is 0.457. The molecular weight excluding hydrogens is 390 g/mol. The summed E-state index contributed by atoms with van der Waals surface area (Å²) in [6, 6.07) is 21.6. The third-order valence-corrected chi connectivity index (χ3v) is 4.40. The van der Waals surface area contributed by atoms with Crippen LogP contribution in [0.3, 0.4) is 0 Å². The normalized spacial score (nSPS) is 11.4. The van der Waals surface area contributed by atoms with E-state index >= 15 is 0 Å². The van der Waals surface area contributed by atoms with Gasteiger partial charge in [-0.2, -0.15) is 0 Å². The lowest BCUT2D eigenvalue weighted by Gasteiger charge is -2.18. The number of carbonyl (C=O) groups excluding carboxylic acids is 3. The zero-order chi connectivity index (χ0) is 20.8. The number of nitrogens with one attached hydrogen (secondary N) is 1. The first-order chi connectivity index (χ1) is 14.0. The number of carbonyl (C=O) groups is 3. The lowest BCUT2D eigenvalue weighted by Crippen LogP contribution is -2.21. The zero-order valence-electron chi connectivity index (χ0n) is 15.6. The molecule has 0 aromatic heterocycles. The number of hydrogen-bond acceptors (Lipinski definition) is 4. The molecule has 6 heteroatoms. The molecule has 1 atom stereocenters. The van der Waals surface area contributed by atoms with Gasteiger partial charge in [0.15, 0.2) is 6.10 Å². The predicted molar refractivity (Wildman–Crippen MR) is 111 cm³/mol. The van der Waals surface area contributed by atoms with Crippen LogP contribution in [0.15, 0.2) is 78.9 Å². The van der Waals surface area contributed by atoms with Gasteiger partial charge in [-0.25, -0.2) is 4.79 Å². The topological polar surface area (TPSA) is 72.5 Å². The summed E-state index contributed by atoms with van der Waals surface area (Å²) < 4.78 is 5.62. The molecule has 0 bridgehead atoms. The highest BCUT2D eigenvalue weighted by molar-refractivity contribution is 6.30. The fourth-order valence-electron chi connectivity index (χ4n) is 2.79. The fraction of sp³-hybridized carbons (Fsp3) is 0.0870. The van der Waals surface area contributed by atoms with Gasteiger partial charge in [0.2, 0.25) is 11.7 Å². The van der Waals surface area contributed by atoms with E-state index in [2.05, 4.69) is 5.32 Å². The minimum atomic E-state index is -1.16. The molecule has 3 rings (SSSR count). The summed E-state index contributed by atoms with van der Waals surface area (Å²) in [5.74, 6) is -1.41. The first-order valence-electron chi connectivity index (χ1n) is 8.88. The van der Waals surface area contributed by atoms with Crippen molar-refractivity contribution in [3.63, 3.8) is 0 Å². The Morgan fingerprint density at radius 3 is 2.14 bits per heavy atom. The van der Waals surface area contributed by atoms with E-state index in [-0.39, 0.29) is 17.3 Å². The van der Waals surface area contributed by atoms with Crippen LogP contribution in [0.25, 0.3) is 0 Å². The first kappa shape index (κ1) is 20.3. The zero-order valence-corrected chi connectivity index (χ0v) is 16.3. The van der Waals surface area contributed by atoms with Crippen LogP contribution < -0.4 is 5.32 Å². The number of rotatable bonds is 6. The standard InChI is InChI=1S/C23H18ClNO4/c1-15(26)25-20-10-6-5-9-19(20)23(28)29-22(17-11-13-18(24)14-12-17)21(27)16-7-3-2-4-8-16/h2-14,22H,1H3,(H,25,26). The molecule has 1 amide bonds. The summed E-state index contributed by atoms with van der Waals surface area (Å²) >= 11 is 5.95. The van der Waals surface area contributed by atoms with E-state index in [0.717, 1.165) is 0 Å². The van der Waals surface area contributed by atoms with Gasteiger partial charge in [0.1, 0.15) is 0 Å². The van der Waals surface area contributed by atoms with Gasteiger partial charge in [0.25, 0.3) is 0 Å². The lowest BCUT2D eigenvalue weighted by molar-refractivity contribution is -0.114. The Balaban J connectivity index is 1.95. The summed E-state index contributed by atoms with van der Waals surface area (Å²) in [5, 5.41) is 3.10. The molecule has 1 unspecified atom stereocenters. The fourth-order valence-corrected chi connectivity index (χ4v) is 2.92. The molecule has 3 aromatic carbocycles. The Kier molecular flexibility index (Phi) is 6.42. The van der Waals surface area contributed by atoms with Gasteiger partial charge in [-0.1, -0.05) is 66.2 Å². The Morgan fingerprint density at radius 1 is 0.862 bits per heavy atom. The predicted octanol–water partition coefficient (Wildman–Crippen LogP) is 5.08. The molecule has 0 radical (unpaired) electrons. The maximum Gasteiger partial charge on any atom is 0.341 e. The molecule has 5 nitrogen and oxygen atoms in total. The summed E-state index contributed by atoms with van der Waals surface area (Å²) in [7, 11) is 0. The number of ether oxygens (including phenoxy) is 1. The Bertz CT molecular complexity index is 1030. The van der Waals surface area contributed by atoms with Crippen LogP contribution in [-0.2, 0) is 9.53 Å². The molecule has 146 valence electrons. The van der Waals surface area contributed by atoms with Crippen LogP contribution in [0.4, 0.5) is 5.69 Å². The van der Waals surface area contributed by atoms with Gasteiger partial charge in [0.05, 0.1) is 11.3 Å². The van der Waals surface area contributed by atoms with Gasteiger partial charge >= 0.3 is 5.97 Å². The number of halogens is 1. The van der Waals surface area contributed by atoms with Crippen LogP contribution in [-0.4, -0.2) is 17.7 Å². The number of para-hydroxylation sites is 1. The van der Waals surface area contributed by atoms with Crippen molar-refractivity contribution in [2.75, 3.05) is 5.32 Å². The van der Waals surface area contributed by atoms with Crippen molar-refractivity contribution in [2.45, 2.75) is 13.0 Å². The summed E-state index contributed by atoms with van der Waals surface area (Å²) in [6.45, 7) is 1.34. The highest BCUT2D eigenvalue weighted by Crippen LogP contribution is 2.27. The van der Waals surface area contributed by atoms with Crippen molar-refractivity contribution < 1.29 is 19.1 Å². The van der Waals surface area contributed by atoms with Crippen molar-refractivity contribution >= 4 is 34.9 Å². The third-order valence-electron chi connectivity index (χ3n) is 4.15. The van der Waals surface area contributed by atoms with E-state index in [9.17, 15) is 14.4 Å².